The minimum absolute atomic E-state index is 0.154. The molecule has 1 atom stereocenters. The van der Waals surface area contributed by atoms with E-state index in [-0.39, 0.29) is 12.1 Å². The highest BCUT2D eigenvalue weighted by Crippen LogP contribution is 2.40. The Balaban J connectivity index is 1.29. The van der Waals surface area contributed by atoms with E-state index in [0.717, 1.165) is 15.1 Å². The first kappa shape index (κ1) is 36.4. The van der Waals surface area contributed by atoms with Gasteiger partial charge in [-0.2, -0.15) is 4.68 Å². The zero-order chi connectivity index (χ0) is 38.4. The summed E-state index contributed by atoms with van der Waals surface area (Å²) in [5, 5.41) is 8.91. The highest BCUT2D eigenvalue weighted by Gasteiger charge is 2.36. The van der Waals surface area contributed by atoms with Crippen molar-refractivity contribution in [2.75, 3.05) is 18.0 Å². The van der Waals surface area contributed by atoms with Crippen molar-refractivity contribution in [1.29, 1.82) is 0 Å². The Hall–Kier alpha value is -5.96. The number of nitrogens with zero attached hydrogens (tertiary/aromatic N) is 7. The van der Waals surface area contributed by atoms with Crippen LogP contribution >= 0.6 is 11.3 Å². The third-order valence-corrected chi connectivity index (χ3v) is 10.2. The first-order chi connectivity index (χ1) is 25.7. The van der Waals surface area contributed by atoms with E-state index in [0.29, 0.717) is 53.2 Å². The summed E-state index contributed by atoms with van der Waals surface area (Å²) in [4.78, 5) is 52.9. The van der Waals surface area contributed by atoms with E-state index in [9.17, 15) is 14.4 Å². The average molecular weight is 751 g/mol. The molecule has 6 aromatic rings. The van der Waals surface area contributed by atoms with Crippen LogP contribution in [0.15, 0.2) is 79.1 Å². The lowest BCUT2D eigenvalue weighted by atomic mass is 10.0. The third-order valence-electron chi connectivity index (χ3n) is 9.01. The number of rotatable bonds is 8. The number of hydrogen-bond donors (Lipinski definition) is 1. The lowest BCUT2D eigenvalue weighted by molar-refractivity contribution is -0.130. The zero-order valence-electron chi connectivity index (χ0n) is 30.4. The molecule has 0 saturated carbocycles. The van der Waals surface area contributed by atoms with Gasteiger partial charge in [0.15, 0.2) is 11.2 Å². The Morgan fingerprint density at radius 2 is 1.80 bits per heavy atom. The summed E-state index contributed by atoms with van der Waals surface area (Å²) in [6.07, 6.45) is 3.84. The first-order valence-electron chi connectivity index (χ1n) is 17.4. The number of amides is 3. The summed E-state index contributed by atoms with van der Waals surface area (Å²) in [7, 11) is 0. The number of anilines is 1. The average Bonchev–Trinajstić information content (AvgIpc) is 3.77. The van der Waals surface area contributed by atoms with Crippen LogP contribution in [0, 0.1) is 5.82 Å². The highest BCUT2D eigenvalue weighted by molar-refractivity contribution is 7.22. The van der Waals surface area contributed by atoms with Gasteiger partial charge in [-0.3, -0.25) is 14.5 Å². The van der Waals surface area contributed by atoms with Crippen LogP contribution in [0.25, 0.3) is 37.4 Å². The molecule has 1 aliphatic rings. The number of hydrogen-bond acceptors (Lipinski definition) is 10. The van der Waals surface area contributed by atoms with Crippen LogP contribution in [0.5, 0.6) is 5.75 Å². The monoisotopic (exact) mass is 750 g/mol. The second-order valence-electron chi connectivity index (χ2n) is 14.6. The molecule has 7 rings (SSSR count). The summed E-state index contributed by atoms with van der Waals surface area (Å²) >= 11 is 1.48. The number of pyridine rings is 2. The number of carbonyl (C=O) groups excluding carboxylic acids is 3. The number of nitrogens with two attached hydrogens (primary N) is 1. The molecule has 0 radical (unpaired) electrons. The van der Waals surface area contributed by atoms with Gasteiger partial charge in [0.25, 0.3) is 11.8 Å². The predicted molar refractivity (Wildman–Crippen MR) is 203 cm³/mol. The number of fused-ring (bicyclic) bond motifs is 2. The molecule has 2 N–H and O–H groups in total. The molecule has 15 heteroatoms. The topological polar surface area (TPSA) is 159 Å². The molecule has 1 fully saturated rings. The molecule has 2 aromatic carbocycles. The Morgan fingerprint density at radius 1 is 0.981 bits per heavy atom. The number of benzene rings is 2. The standard InChI is InChI=1S/C39H39FN8O5S/c1-38(2,3)53-37(51)46-18-8-10-25(22-46)47(35(49)27-14-13-24(20-29(27)40)48-34-30(44-45-48)12-7-16-42-34)33-28-21-32(54-31(28)15-17-43-33)23-9-6-11-26(19-23)52-39(4,5)36(41)50/h6-7,9,11-17,19-21,25H,8,10,18,22H2,1-5H3,(H2,41,50)/t25-/m1/s1. The Kier molecular flexibility index (Phi) is 9.52. The molecule has 1 aliphatic heterocycles. The third kappa shape index (κ3) is 7.31. The summed E-state index contributed by atoms with van der Waals surface area (Å²) in [5.74, 6) is -1.20. The SMILES string of the molecule is CC(C)(C)OC(=O)N1CCC[C@@H](N(C(=O)c2ccc(-n3nnc4cccnc43)cc2F)c2nccc3sc(-c4cccc(OC(C)(C)C(N)=O)c4)cc23)C1. The van der Waals surface area contributed by atoms with Crippen molar-refractivity contribution in [3.05, 3.63) is 90.5 Å². The first-order valence-corrected chi connectivity index (χ1v) is 18.3. The minimum Gasteiger partial charge on any atom is -0.478 e. The lowest BCUT2D eigenvalue weighted by Gasteiger charge is -2.39. The van der Waals surface area contributed by atoms with Crippen LogP contribution in [-0.2, 0) is 9.53 Å². The fraction of sp³-hybridized carbons (Fsp3) is 0.308. The van der Waals surface area contributed by atoms with Crippen molar-refractivity contribution in [1.82, 2.24) is 29.9 Å². The Morgan fingerprint density at radius 3 is 2.56 bits per heavy atom. The van der Waals surface area contributed by atoms with Crippen molar-refractivity contribution in [3.63, 3.8) is 0 Å². The maximum Gasteiger partial charge on any atom is 0.410 e. The molecular formula is C39H39FN8O5S. The van der Waals surface area contributed by atoms with E-state index >= 15 is 4.39 Å². The van der Waals surface area contributed by atoms with E-state index in [4.69, 9.17) is 20.2 Å². The number of thiophene rings is 1. The van der Waals surface area contributed by atoms with E-state index in [1.807, 2.05) is 30.3 Å². The molecule has 0 aliphatic carbocycles. The summed E-state index contributed by atoms with van der Waals surface area (Å²) in [6, 6.07) is 18.2. The van der Waals surface area contributed by atoms with Gasteiger partial charge in [0.1, 0.15) is 28.5 Å². The van der Waals surface area contributed by atoms with E-state index in [1.165, 1.54) is 33.1 Å². The zero-order valence-corrected chi connectivity index (χ0v) is 31.3. The molecular weight excluding hydrogens is 712 g/mol. The second-order valence-corrected chi connectivity index (χ2v) is 15.7. The van der Waals surface area contributed by atoms with Crippen molar-refractivity contribution in [2.45, 2.75) is 64.7 Å². The molecule has 0 unspecified atom stereocenters. The van der Waals surface area contributed by atoms with Gasteiger partial charge in [-0.15, -0.1) is 16.4 Å². The molecule has 4 aromatic heterocycles. The van der Waals surface area contributed by atoms with Crippen LogP contribution in [0.2, 0.25) is 0 Å². The van der Waals surface area contributed by atoms with E-state index < -0.39 is 41.0 Å². The van der Waals surface area contributed by atoms with Crippen LogP contribution < -0.4 is 15.4 Å². The number of likely N-dealkylation sites (tertiary alicyclic amines) is 1. The molecule has 0 bridgehead atoms. The van der Waals surface area contributed by atoms with Gasteiger partial charge >= 0.3 is 6.09 Å². The Labute approximate surface area is 314 Å². The minimum atomic E-state index is -1.22. The maximum absolute atomic E-state index is 16.2. The van der Waals surface area contributed by atoms with Gasteiger partial charge in [0.05, 0.1) is 17.3 Å². The van der Waals surface area contributed by atoms with Gasteiger partial charge in [-0.05, 0) is 102 Å². The highest BCUT2D eigenvalue weighted by atomic mass is 32.1. The van der Waals surface area contributed by atoms with Gasteiger partial charge in [0, 0.05) is 46.5 Å². The van der Waals surface area contributed by atoms with Gasteiger partial charge in [0.2, 0.25) is 0 Å². The molecule has 3 amide bonds. The van der Waals surface area contributed by atoms with Crippen molar-refractivity contribution >= 4 is 56.3 Å². The van der Waals surface area contributed by atoms with Gasteiger partial charge in [-0.25, -0.2) is 19.2 Å². The summed E-state index contributed by atoms with van der Waals surface area (Å²) in [5.41, 5.74) is 5.56. The van der Waals surface area contributed by atoms with E-state index in [2.05, 4.69) is 15.3 Å². The quantitative estimate of drug-likeness (QED) is 0.174. The second kappa shape index (κ2) is 14.1. The van der Waals surface area contributed by atoms with Crippen LogP contribution in [-0.4, -0.2) is 78.1 Å². The predicted octanol–water partition coefficient (Wildman–Crippen LogP) is 6.92. The van der Waals surface area contributed by atoms with Crippen molar-refractivity contribution in [3.8, 4) is 21.9 Å². The number of carbonyl (C=O) groups is 3. The Bertz CT molecular complexity index is 2400. The fourth-order valence-corrected chi connectivity index (χ4v) is 7.36. The maximum atomic E-state index is 16.2. The molecule has 278 valence electrons. The van der Waals surface area contributed by atoms with Crippen molar-refractivity contribution in [2.24, 2.45) is 5.73 Å². The molecule has 54 heavy (non-hydrogen) atoms. The van der Waals surface area contributed by atoms with E-state index in [1.54, 1.807) is 76.2 Å². The smallest absolute Gasteiger partial charge is 0.410 e. The number of primary amides is 1. The number of ether oxygens (including phenoxy) is 2. The largest absolute Gasteiger partial charge is 0.478 e. The molecule has 1 saturated heterocycles. The van der Waals surface area contributed by atoms with Crippen LogP contribution in [0.3, 0.4) is 0 Å². The lowest BCUT2D eigenvalue weighted by Crippen LogP contribution is -2.53. The molecule has 13 nitrogen and oxygen atoms in total. The summed E-state index contributed by atoms with van der Waals surface area (Å²) in [6.45, 7) is 9.20. The number of halogens is 1. The van der Waals surface area contributed by atoms with Gasteiger partial charge < -0.3 is 20.1 Å². The number of piperidine rings is 1. The van der Waals surface area contributed by atoms with Gasteiger partial charge in [-0.1, -0.05) is 17.3 Å². The molecule has 5 heterocycles. The number of aromatic nitrogens is 5. The molecule has 0 spiro atoms. The van der Waals surface area contributed by atoms with Crippen LogP contribution in [0.4, 0.5) is 15.0 Å². The summed E-state index contributed by atoms with van der Waals surface area (Å²) < 4.78 is 30.0. The normalized spacial score (nSPS) is 15.0. The van der Waals surface area contributed by atoms with Crippen LogP contribution in [0.1, 0.15) is 57.8 Å². The fourth-order valence-electron chi connectivity index (χ4n) is 6.31. The van der Waals surface area contributed by atoms with Crippen molar-refractivity contribution < 1.29 is 28.2 Å².